The Hall–Kier alpha value is -1.80. The molecule has 1 N–H and O–H groups in total. The standard InChI is InChI=1S/C18H21NO/c1-12(14-4-7-17(20-3)8-5-14)15-6-9-18-13(2)19-11-16(18)10-15/h4-10,12-13,19H,11H2,1-3H3/t12-,13?/m1/s1. The largest absolute Gasteiger partial charge is 0.497 e. The number of methoxy groups -OCH3 is 1. The highest BCUT2D eigenvalue weighted by atomic mass is 16.5. The normalized spacial score (nSPS) is 18.6. The van der Waals surface area contributed by atoms with E-state index in [1.807, 2.05) is 12.1 Å². The molecule has 20 heavy (non-hydrogen) atoms. The number of rotatable bonds is 3. The Labute approximate surface area is 120 Å². The first kappa shape index (κ1) is 13.2. The first-order valence-electron chi connectivity index (χ1n) is 7.19. The summed E-state index contributed by atoms with van der Waals surface area (Å²) in [6.07, 6.45) is 0. The molecule has 2 aromatic carbocycles. The lowest BCUT2D eigenvalue weighted by atomic mass is 9.90. The SMILES string of the molecule is COc1ccc([C@@H](C)c2ccc3c(c2)CNC3C)cc1. The fourth-order valence-corrected chi connectivity index (χ4v) is 2.93. The zero-order chi connectivity index (χ0) is 14.1. The summed E-state index contributed by atoms with van der Waals surface area (Å²) < 4.78 is 5.22. The smallest absolute Gasteiger partial charge is 0.118 e. The lowest BCUT2D eigenvalue weighted by Crippen LogP contribution is -2.06. The predicted octanol–water partition coefficient (Wildman–Crippen LogP) is 4.01. The molecular formula is C18H21NO. The van der Waals surface area contributed by atoms with Crippen LogP contribution in [0.4, 0.5) is 0 Å². The van der Waals surface area contributed by atoms with Crippen molar-refractivity contribution in [1.82, 2.24) is 5.32 Å². The van der Waals surface area contributed by atoms with Gasteiger partial charge in [0.05, 0.1) is 7.11 Å². The molecule has 1 heterocycles. The molecule has 0 aliphatic carbocycles. The van der Waals surface area contributed by atoms with Crippen molar-refractivity contribution in [2.45, 2.75) is 32.4 Å². The summed E-state index contributed by atoms with van der Waals surface area (Å²) in [5, 5.41) is 3.49. The van der Waals surface area contributed by atoms with Crippen LogP contribution in [-0.4, -0.2) is 7.11 Å². The molecule has 0 saturated carbocycles. The second kappa shape index (κ2) is 5.29. The van der Waals surface area contributed by atoms with Crippen LogP contribution in [0, 0.1) is 0 Å². The Morgan fingerprint density at radius 1 is 1.10 bits per heavy atom. The molecule has 2 heteroatoms. The third-order valence-corrected chi connectivity index (χ3v) is 4.35. The maximum Gasteiger partial charge on any atom is 0.118 e. The zero-order valence-corrected chi connectivity index (χ0v) is 12.3. The Morgan fingerprint density at radius 3 is 2.50 bits per heavy atom. The van der Waals surface area contributed by atoms with Gasteiger partial charge in [-0.1, -0.05) is 37.3 Å². The highest BCUT2D eigenvalue weighted by Gasteiger charge is 2.19. The van der Waals surface area contributed by atoms with Gasteiger partial charge in [-0.05, 0) is 41.3 Å². The van der Waals surface area contributed by atoms with E-state index in [-0.39, 0.29) is 0 Å². The van der Waals surface area contributed by atoms with Crippen LogP contribution in [0.1, 0.15) is 48.1 Å². The van der Waals surface area contributed by atoms with Gasteiger partial charge in [0, 0.05) is 18.5 Å². The van der Waals surface area contributed by atoms with E-state index in [1.54, 1.807) is 7.11 Å². The molecule has 3 rings (SSSR count). The van der Waals surface area contributed by atoms with Crippen molar-refractivity contribution in [3.63, 3.8) is 0 Å². The minimum absolute atomic E-state index is 0.405. The molecule has 1 unspecified atom stereocenters. The predicted molar refractivity (Wildman–Crippen MR) is 82.2 cm³/mol. The Bertz CT molecular complexity index is 603. The van der Waals surface area contributed by atoms with E-state index in [0.29, 0.717) is 12.0 Å². The molecule has 2 nitrogen and oxygen atoms in total. The van der Waals surface area contributed by atoms with Crippen LogP contribution in [-0.2, 0) is 6.54 Å². The monoisotopic (exact) mass is 267 g/mol. The maximum absolute atomic E-state index is 5.22. The Balaban J connectivity index is 1.88. The van der Waals surface area contributed by atoms with Gasteiger partial charge in [0.15, 0.2) is 0 Å². The van der Waals surface area contributed by atoms with Gasteiger partial charge in [-0.2, -0.15) is 0 Å². The number of hydrogen-bond acceptors (Lipinski definition) is 2. The molecule has 0 spiro atoms. The van der Waals surface area contributed by atoms with Gasteiger partial charge in [-0.15, -0.1) is 0 Å². The highest BCUT2D eigenvalue weighted by Crippen LogP contribution is 2.31. The summed E-state index contributed by atoms with van der Waals surface area (Å²) in [5.41, 5.74) is 5.58. The molecule has 104 valence electrons. The second-order valence-electron chi connectivity index (χ2n) is 5.56. The third-order valence-electron chi connectivity index (χ3n) is 4.35. The van der Waals surface area contributed by atoms with Crippen molar-refractivity contribution < 1.29 is 4.74 Å². The second-order valence-corrected chi connectivity index (χ2v) is 5.56. The van der Waals surface area contributed by atoms with E-state index >= 15 is 0 Å². The van der Waals surface area contributed by atoms with Crippen LogP contribution in [0.3, 0.4) is 0 Å². The molecule has 0 bridgehead atoms. The summed E-state index contributed by atoms with van der Waals surface area (Å²) in [6.45, 7) is 5.47. The lowest BCUT2D eigenvalue weighted by molar-refractivity contribution is 0.414. The van der Waals surface area contributed by atoms with Gasteiger partial charge < -0.3 is 10.1 Å². The van der Waals surface area contributed by atoms with Crippen LogP contribution < -0.4 is 10.1 Å². The van der Waals surface area contributed by atoms with Gasteiger partial charge in [0.2, 0.25) is 0 Å². The quantitative estimate of drug-likeness (QED) is 0.907. The Morgan fingerprint density at radius 2 is 1.80 bits per heavy atom. The van der Waals surface area contributed by atoms with Crippen LogP contribution >= 0.6 is 0 Å². The minimum Gasteiger partial charge on any atom is -0.497 e. The summed E-state index contributed by atoms with van der Waals surface area (Å²) in [4.78, 5) is 0. The third kappa shape index (κ3) is 2.32. The summed E-state index contributed by atoms with van der Waals surface area (Å²) in [6, 6.07) is 15.7. The topological polar surface area (TPSA) is 21.3 Å². The Kier molecular flexibility index (Phi) is 3.49. The van der Waals surface area contributed by atoms with Crippen LogP contribution in [0.5, 0.6) is 5.75 Å². The maximum atomic E-state index is 5.22. The van der Waals surface area contributed by atoms with E-state index in [0.717, 1.165) is 12.3 Å². The van der Waals surface area contributed by atoms with Crippen molar-refractivity contribution in [3.8, 4) is 5.75 Å². The summed E-state index contributed by atoms with van der Waals surface area (Å²) >= 11 is 0. The molecule has 2 atom stereocenters. The zero-order valence-electron chi connectivity index (χ0n) is 12.3. The van der Waals surface area contributed by atoms with Crippen molar-refractivity contribution in [2.75, 3.05) is 7.11 Å². The van der Waals surface area contributed by atoms with Gasteiger partial charge in [-0.25, -0.2) is 0 Å². The molecule has 0 saturated heterocycles. The average Bonchev–Trinajstić information content (AvgIpc) is 2.87. The number of ether oxygens (including phenoxy) is 1. The minimum atomic E-state index is 0.405. The van der Waals surface area contributed by atoms with E-state index in [9.17, 15) is 0 Å². The first-order chi connectivity index (χ1) is 9.69. The number of hydrogen-bond donors (Lipinski definition) is 1. The van der Waals surface area contributed by atoms with Crippen molar-refractivity contribution in [3.05, 3.63) is 64.7 Å². The van der Waals surface area contributed by atoms with E-state index in [1.165, 1.54) is 22.3 Å². The number of fused-ring (bicyclic) bond motifs is 1. The highest BCUT2D eigenvalue weighted by molar-refractivity contribution is 5.42. The summed E-state index contributed by atoms with van der Waals surface area (Å²) in [5.74, 6) is 1.31. The van der Waals surface area contributed by atoms with Gasteiger partial charge in [0.25, 0.3) is 0 Å². The molecule has 1 aliphatic heterocycles. The molecule has 1 aliphatic rings. The van der Waals surface area contributed by atoms with Crippen molar-refractivity contribution >= 4 is 0 Å². The van der Waals surface area contributed by atoms with E-state index in [2.05, 4.69) is 49.5 Å². The number of nitrogens with one attached hydrogen (secondary N) is 1. The first-order valence-corrected chi connectivity index (χ1v) is 7.19. The molecular weight excluding hydrogens is 246 g/mol. The van der Waals surface area contributed by atoms with Crippen molar-refractivity contribution in [1.29, 1.82) is 0 Å². The van der Waals surface area contributed by atoms with Crippen LogP contribution in [0.25, 0.3) is 0 Å². The average molecular weight is 267 g/mol. The van der Waals surface area contributed by atoms with E-state index < -0.39 is 0 Å². The fourth-order valence-electron chi connectivity index (χ4n) is 2.93. The number of benzene rings is 2. The van der Waals surface area contributed by atoms with Crippen LogP contribution in [0.15, 0.2) is 42.5 Å². The molecule has 0 radical (unpaired) electrons. The lowest BCUT2D eigenvalue weighted by Gasteiger charge is -2.15. The van der Waals surface area contributed by atoms with Gasteiger partial charge in [-0.3, -0.25) is 0 Å². The van der Waals surface area contributed by atoms with Crippen LogP contribution in [0.2, 0.25) is 0 Å². The van der Waals surface area contributed by atoms with Crippen molar-refractivity contribution in [2.24, 2.45) is 0 Å². The van der Waals surface area contributed by atoms with Gasteiger partial charge >= 0.3 is 0 Å². The molecule has 2 aromatic rings. The summed E-state index contributed by atoms with van der Waals surface area (Å²) in [7, 11) is 1.70. The molecule has 0 amide bonds. The fraction of sp³-hybridized carbons (Fsp3) is 0.333. The van der Waals surface area contributed by atoms with Gasteiger partial charge in [0.1, 0.15) is 5.75 Å². The molecule has 0 aromatic heterocycles. The molecule has 0 fully saturated rings. The van der Waals surface area contributed by atoms with E-state index in [4.69, 9.17) is 4.74 Å².